The Morgan fingerprint density at radius 2 is 0.561 bits per heavy atom. The molecule has 340 valence electrons. The SMILES string of the molecule is Cc1ccc(O)c(C=Nc2cc3c(cc2N=Cc2cc(C)ccc2O)OCCOCCOc2cc(N=Cc4cc(C)ccc4O)c(N=Cc4cc(C)ccc4O)cc2OCCOCCO3)c1. The van der Waals surface area contributed by atoms with Gasteiger partial charge in [0.25, 0.3) is 0 Å². The van der Waals surface area contributed by atoms with Gasteiger partial charge in [0.1, 0.15) is 49.4 Å². The number of phenols is 4. The molecule has 0 saturated heterocycles. The molecule has 14 nitrogen and oxygen atoms in total. The Morgan fingerprint density at radius 3 is 0.788 bits per heavy atom. The van der Waals surface area contributed by atoms with E-state index in [1.165, 1.54) is 0 Å². The molecule has 0 fully saturated rings. The van der Waals surface area contributed by atoms with Crippen LogP contribution in [0.5, 0.6) is 46.0 Å². The minimum atomic E-state index is 0.0769. The number of ether oxygens (including phenoxy) is 6. The number of benzene rings is 6. The molecule has 0 atom stereocenters. The van der Waals surface area contributed by atoms with Crippen LogP contribution in [0.2, 0.25) is 0 Å². The third-order valence-electron chi connectivity index (χ3n) is 10.1. The van der Waals surface area contributed by atoms with Crippen LogP contribution < -0.4 is 18.9 Å². The summed E-state index contributed by atoms with van der Waals surface area (Å²) in [6.45, 7) is 9.11. The molecule has 1 aliphatic rings. The normalized spacial score (nSPS) is 14.2. The molecule has 0 unspecified atom stereocenters. The van der Waals surface area contributed by atoms with Crippen molar-refractivity contribution in [3.8, 4) is 46.0 Å². The number of aromatic hydroxyl groups is 4. The highest BCUT2D eigenvalue weighted by Crippen LogP contribution is 2.42. The predicted molar refractivity (Wildman–Crippen MR) is 257 cm³/mol. The number of phenolic OH excluding ortho intramolecular Hbond substituents is 4. The molecular formula is C52H52N4O10. The van der Waals surface area contributed by atoms with E-state index in [2.05, 4.69) is 0 Å². The van der Waals surface area contributed by atoms with Crippen molar-refractivity contribution in [3.63, 3.8) is 0 Å². The molecule has 66 heavy (non-hydrogen) atoms. The average Bonchev–Trinajstić information content (AvgIpc) is 3.30. The molecule has 0 radical (unpaired) electrons. The first-order valence-corrected chi connectivity index (χ1v) is 21.4. The molecule has 0 aromatic heterocycles. The van der Waals surface area contributed by atoms with Crippen LogP contribution in [-0.2, 0) is 9.47 Å². The van der Waals surface area contributed by atoms with Crippen LogP contribution in [0.1, 0.15) is 44.5 Å². The van der Waals surface area contributed by atoms with E-state index in [9.17, 15) is 20.4 Å². The van der Waals surface area contributed by atoms with Crippen LogP contribution in [0.4, 0.5) is 22.7 Å². The van der Waals surface area contributed by atoms with Crippen LogP contribution in [0.25, 0.3) is 0 Å². The van der Waals surface area contributed by atoms with Crippen LogP contribution in [0, 0.1) is 27.7 Å². The van der Waals surface area contributed by atoms with Crippen molar-refractivity contribution in [2.75, 3.05) is 52.9 Å². The van der Waals surface area contributed by atoms with E-state index in [0.29, 0.717) is 68.0 Å². The number of hydrogen-bond acceptors (Lipinski definition) is 14. The van der Waals surface area contributed by atoms with Gasteiger partial charge in [-0.05, 0) is 76.2 Å². The number of aliphatic imine (C=N–C) groups is 4. The first-order valence-electron chi connectivity index (χ1n) is 21.4. The van der Waals surface area contributed by atoms with Gasteiger partial charge in [-0.2, -0.15) is 0 Å². The maximum atomic E-state index is 10.5. The minimum absolute atomic E-state index is 0.0769. The summed E-state index contributed by atoms with van der Waals surface area (Å²) in [5, 5.41) is 42.1. The molecule has 0 aliphatic carbocycles. The molecule has 0 saturated carbocycles. The predicted octanol–water partition coefficient (Wildman–Crippen LogP) is 10.0. The second-order valence-corrected chi connectivity index (χ2v) is 15.5. The highest BCUT2D eigenvalue weighted by Gasteiger charge is 2.16. The van der Waals surface area contributed by atoms with Crippen molar-refractivity contribution >= 4 is 47.6 Å². The molecule has 14 heteroatoms. The summed E-state index contributed by atoms with van der Waals surface area (Å²) in [6.07, 6.45) is 6.23. The quantitative estimate of drug-likeness (QED) is 0.107. The summed E-state index contributed by atoms with van der Waals surface area (Å²) in [7, 11) is 0. The smallest absolute Gasteiger partial charge is 0.163 e. The zero-order valence-electron chi connectivity index (χ0n) is 37.2. The summed E-state index contributed by atoms with van der Waals surface area (Å²) in [5.41, 5.74) is 7.60. The van der Waals surface area contributed by atoms with Gasteiger partial charge in [-0.15, -0.1) is 0 Å². The summed E-state index contributed by atoms with van der Waals surface area (Å²) in [5.74, 6) is 1.84. The van der Waals surface area contributed by atoms with Gasteiger partial charge in [0.05, 0.1) is 49.2 Å². The van der Waals surface area contributed by atoms with Crippen LogP contribution in [0.15, 0.2) is 117 Å². The lowest BCUT2D eigenvalue weighted by molar-refractivity contribution is 0.0641. The third-order valence-corrected chi connectivity index (χ3v) is 10.1. The lowest BCUT2D eigenvalue weighted by atomic mass is 10.1. The summed E-state index contributed by atoms with van der Waals surface area (Å²) >= 11 is 0. The number of hydrogen-bond donors (Lipinski definition) is 4. The molecule has 6 aromatic rings. The Bertz CT molecular complexity index is 2410. The Balaban J connectivity index is 1.13. The fraction of sp³-hybridized carbons (Fsp3) is 0.231. The van der Waals surface area contributed by atoms with Gasteiger partial charge in [-0.1, -0.05) is 46.5 Å². The summed E-state index contributed by atoms with van der Waals surface area (Å²) in [4.78, 5) is 18.8. The monoisotopic (exact) mass is 892 g/mol. The second kappa shape index (κ2) is 22.3. The van der Waals surface area contributed by atoms with E-state index < -0.39 is 0 Å². The van der Waals surface area contributed by atoms with Crippen molar-refractivity contribution in [2.45, 2.75) is 27.7 Å². The third kappa shape index (κ3) is 12.7. The van der Waals surface area contributed by atoms with Crippen molar-refractivity contribution in [2.24, 2.45) is 20.0 Å². The van der Waals surface area contributed by atoms with Crippen molar-refractivity contribution in [1.29, 1.82) is 0 Å². The first-order chi connectivity index (χ1) is 32.0. The molecule has 4 N–H and O–H groups in total. The van der Waals surface area contributed by atoms with Gasteiger partial charge in [0.2, 0.25) is 0 Å². The Hall–Kier alpha value is -7.68. The number of aryl methyl sites for hydroxylation is 4. The molecular weight excluding hydrogens is 841 g/mol. The van der Waals surface area contributed by atoms with Crippen LogP contribution in [0.3, 0.4) is 0 Å². The number of nitrogens with zero attached hydrogens (tertiary/aromatic N) is 4. The maximum absolute atomic E-state index is 10.5. The van der Waals surface area contributed by atoms with E-state index >= 15 is 0 Å². The minimum Gasteiger partial charge on any atom is -0.507 e. The van der Waals surface area contributed by atoms with Crippen LogP contribution in [-0.4, -0.2) is 98.1 Å². The van der Waals surface area contributed by atoms with E-state index in [4.69, 9.17) is 48.4 Å². The maximum Gasteiger partial charge on any atom is 0.163 e. The lowest BCUT2D eigenvalue weighted by Gasteiger charge is -2.17. The molecule has 0 amide bonds. The Kier molecular flexibility index (Phi) is 15.6. The van der Waals surface area contributed by atoms with Gasteiger partial charge in [-0.3, -0.25) is 20.0 Å². The highest BCUT2D eigenvalue weighted by molar-refractivity contribution is 5.92. The zero-order chi connectivity index (χ0) is 46.4. The van der Waals surface area contributed by atoms with E-state index in [1.54, 1.807) is 73.4 Å². The van der Waals surface area contributed by atoms with Crippen molar-refractivity contribution in [3.05, 3.63) is 142 Å². The molecule has 1 aliphatic heterocycles. The molecule has 6 aromatic carbocycles. The van der Waals surface area contributed by atoms with Gasteiger partial charge >= 0.3 is 0 Å². The van der Waals surface area contributed by atoms with Gasteiger partial charge in [0, 0.05) is 71.4 Å². The highest BCUT2D eigenvalue weighted by atomic mass is 16.6. The van der Waals surface area contributed by atoms with Gasteiger partial charge in [-0.25, -0.2) is 0 Å². The number of rotatable bonds is 8. The molecule has 1 heterocycles. The topological polar surface area (TPSA) is 186 Å². The second-order valence-electron chi connectivity index (χ2n) is 15.5. The summed E-state index contributed by atoms with van der Waals surface area (Å²) in [6, 6.07) is 27.8. The molecule has 0 bridgehead atoms. The molecule has 0 spiro atoms. The standard InChI is InChI=1S/C52H52N4O10/c1-33-5-9-45(57)37(21-33)29-53-41-25-49-50(26-42(41)54-30-38-22-34(2)6-10-46(38)58)64-18-14-62-16-20-66-52-28-44(56-32-40-24-36(4)8-12-48(40)60)43(27-51(52)65-19-15-61-13-17-63-49)55-31-39-23-35(3)7-11-47(39)59/h5-12,21-32,57-60H,13-20H2,1-4H3. The number of fused-ring (bicyclic) bond motifs is 2. The Morgan fingerprint density at radius 1 is 0.333 bits per heavy atom. The van der Waals surface area contributed by atoms with Gasteiger partial charge in [0.15, 0.2) is 23.0 Å². The fourth-order valence-corrected chi connectivity index (χ4v) is 6.65. The summed E-state index contributed by atoms with van der Waals surface area (Å²) < 4.78 is 36.8. The average molecular weight is 893 g/mol. The van der Waals surface area contributed by atoms with Crippen molar-refractivity contribution < 1.29 is 48.8 Å². The first kappa shape index (κ1) is 46.3. The van der Waals surface area contributed by atoms with Gasteiger partial charge < -0.3 is 48.8 Å². The fourth-order valence-electron chi connectivity index (χ4n) is 6.65. The van der Waals surface area contributed by atoms with E-state index in [0.717, 1.165) is 22.3 Å². The van der Waals surface area contributed by atoms with E-state index in [-0.39, 0.29) is 75.9 Å². The largest absolute Gasteiger partial charge is 0.507 e. The van der Waals surface area contributed by atoms with Crippen LogP contribution >= 0.6 is 0 Å². The zero-order valence-corrected chi connectivity index (χ0v) is 37.2. The van der Waals surface area contributed by atoms with Crippen molar-refractivity contribution in [1.82, 2.24) is 0 Å². The lowest BCUT2D eigenvalue weighted by Crippen LogP contribution is -2.15. The van der Waals surface area contributed by atoms with E-state index in [1.807, 2.05) is 76.2 Å². The Labute approximate surface area is 383 Å². The molecule has 7 rings (SSSR count).